The molecule has 0 aromatic carbocycles. The van der Waals surface area contributed by atoms with Crippen LogP contribution in [0.1, 0.15) is 34.2 Å². The number of nitrogens with two attached hydrogens (primary N) is 1. The zero-order chi connectivity index (χ0) is 11.1. The van der Waals surface area contributed by atoms with Gasteiger partial charge in [0.2, 0.25) is 0 Å². The van der Waals surface area contributed by atoms with Gasteiger partial charge in [-0.3, -0.25) is 0 Å². The summed E-state index contributed by atoms with van der Waals surface area (Å²) in [5, 5.41) is 7.30. The van der Waals surface area contributed by atoms with Gasteiger partial charge in [0, 0.05) is 18.9 Å². The van der Waals surface area contributed by atoms with Crippen molar-refractivity contribution in [3.8, 4) is 0 Å². The van der Waals surface area contributed by atoms with E-state index in [1.165, 1.54) is 12.6 Å². The van der Waals surface area contributed by atoms with Crippen molar-refractivity contribution in [1.29, 1.82) is 5.41 Å². The molecule has 0 spiro atoms. The molecule has 0 aliphatic heterocycles. The Morgan fingerprint density at radius 2 is 2.14 bits per heavy atom. The summed E-state index contributed by atoms with van der Waals surface area (Å²) in [6.45, 7) is 5.90. The second-order valence-electron chi connectivity index (χ2n) is 3.03. The van der Waals surface area contributed by atoms with Crippen molar-refractivity contribution in [2.75, 3.05) is 5.73 Å². The van der Waals surface area contributed by atoms with Gasteiger partial charge >= 0.3 is 0 Å². The Bertz CT molecular complexity index is 316. The number of anilines is 1. The maximum atomic E-state index is 7.30. The Hall–Kier alpha value is -1.32. The van der Waals surface area contributed by atoms with E-state index in [-0.39, 0.29) is 1.43 Å². The molecule has 76 valence electrons. The second kappa shape index (κ2) is 6.19. The molecule has 0 bridgehead atoms. The van der Waals surface area contributed by atoms with Crippen LogP contribution in [0.3, 0.4) is 0 Å². The standard InChI is InChI=1S/C7H8BN3.C3H8.H2/c1-4(9)6-2-5(8)3-11-7(6)10;1-3-2;/h2-3,9H,1H3,(H2,10,11);3H2,1-2H3;1H. The van der Waals surface area contributed by atoms with Crippen molar-refractivity contribution in [2.24, 2.45) is 0 Å². The number of hydrogen-bond donors (Lipinski definition) is 2. The van der Waals surface area contributed by atoms with Gasteiger partial charge in [-0.25, -0.2) is 4.98 Å². The fourth-order valence-corrected chi connectivity index (χ4v) is 0.792. The molecule has 14 heavy (non-hydrogen) atoms. The maximum absolute atomic E-state index is 7.30. The van der Waals surface area contributed by atoms with E-state index in [1.54, 1.807) is 13.0 Å². The number of rotatable bonds is 1. The molecule has 0 fully saturated rings. The molecule has 0 saturated heterocycles. The van der Waals surface area contributed by atoms with Crippen LogP contribution < -0.4 is 11.2 Å². The number of hydrogen-bond acceptors (Lipinski definition) is 3. The van der Waals surface area contributed by atoms with Crippen LogP contribution in [0.2, 0.25) is 0 Å². The summed E-state index contributed by atoms with van der Waals surface area (Å²) in [5.41, 5.74) is 6.99. The zero-order valence-corrected chi connectivity index (χ0v) is 8.96. The predicted molar refractivity (Wildman–Crippen MR) is 64.6 cm³/mol. The van der Waals surface area contributed by atoms with Gasteiger partial charge in [-0.05, 0) is 6.92 Å². The van der Waals surface area contributed by atoms with Crippen molar-refractivity contribution in [3.05, 3.63) is 17.8 Å². The lowest BCUT2D eigenvalue weighted by atomic mass is 9.96. The fraction of sp³-hybridized carbons (Fsp3) is 0.400. The Balaban J connectivity index is 0. The first kappa shape index (κ1) is 12.7. The molecule has 0 atom stereocenters. The van der Waals surface area contributed by atoms with Crippen LogP contribution in [0, 0.1) is 5.41 Å². The Kier molecular flexibility index (Phi) is 5.61. The summed E-state index contributed by atoms with van der Waals surface area (Å²) in [6.07, 6.45) is 2.72. The molecule has 3 nitrogen and oxygen atoms in total. The van der Waals surface area contributed by atoms with Crippen LogP contribution >= 0.6 is 0 Å². The molecule has 0 amide bonds. The molecular weight excluding hydrogens is 173 g/mol. The van der Waals surface area contributed by atoms with E-state index in [9.17, 15) is 0 Å². The average Bonchev–Trinajstić information content (AvgIpc) is 2.10. The molecule has 1 rings (SSSR count). The molecule has 1 heterocycles. The van der Waals surface area contributed by atoms with Crippen LogP contribution in [-0.4, -0.2) is 18.5 Å². The van der Waals surface area contributed by atoms with Crippen molar-refractivity contribution < 1.29 is 1.43 Å². The van der Waals surface area contributed by atoms with Crippen molar-refractivity contribution in [2.45, 2.75) is 27.2 Å². The molecule has 2 radical (unpaired) electrons. The first-order valence-electron chi connectivity index (χ1n) is 4.59. The van der Waals surface area contributed by atoms with E-state index in [0.29, 0.717) is 22.6 Å². The van der Waals surface area contributed by atoms with Crippen LogP contribution in [0.15, 0.2) is 12.3 Å². The summed E-state index contributed by atoms with van der Waals surface area (Å²) in [5.74, 6) is 0.353. The summed E-state index contributed by atoms with van der Waals surface area (Å²) in [7, 11) is 5.45. The van der Waals surface area contributed by atoms with Crippen LogP contribution in [0.5, 0.6) is 0 Å². The Morgan fingerprint density at radius 3 is 2.50 bits per heavy atom. The zero-order valence-electron chi connectivity index (χ0n) is 8.96. The molecule has 1 aromatic heterocycles. The quantitative estimate of drug-likeness (QED) is 0.522. The summed E-state index contributed by atoms with van der Waals surface area (Å²) in [4.78, 5) is 3.81. The van der Waals surface area contributed by atoms with Crippen LogP contribution in [0.4, 0.5) is 5.82 Å². The van der Waals surface area contributed by atoms with Gasteiger partial charge in [0.25, 0.3) is 0 Å². The Morgan fingerprint density at radius 1 is 1.64 bits per heavy atom. The number of nitrogens with zero attached hydrogens (tertiary/aromatic N) is 1. The van der Waals surface area contributed by atoms with Gasteiger partial charge in [0.1, 0.15) is 13.7 Å². The van der Waals surface area contributed by atoms with Crippen molar-refractivity contribution in [3.63, 3.8) is 0 Å². The minimum Gasteiger partial charge on any atom is -0.383 e. The molecule has 3 N–H and O–H groups in total. The minimum absolute atomic E-state index is 0. The first-order valence-corrected chi connectivity index (χ1v) is 4.59. The van der Waals surface area contributed by atoms with E-state index in [0.717, 1.165) is 0 Å². The molecule has 0 unspecified atom stereocenters. The van der Waals surface area contributed by atoms with Gasteiger partial charge in [-0.15, -0.1) is 0 Å². The topological polar surface area (TPSA) is 62.8 Å². The summed E-state index contributed by atoms with van der Waals surface area (Å²) >= 11 is 0. The highest BCUT2D eigenvalue weighted by Crippen LogP contribution is 2.04. The van der Waals surface area contributed by atoms with Crippen LogP contribution in [-0.2, 0) is 0 Å². The fourth-order valence-electron chi connectivity index (χ4n) is 0.792. The monoisotopic (exact) mass is 191 g/mol. The average molecular weight is 191 g/mol. The normalized spacial score (nSPS) is 8.79. The van der Waals surface area contributed by atoms with Crippen LogP contribution in [0.25, 0.3) is 0 Å². The maximum Gasteiger partial charge on any atom is 0.132 e. The Labute approximate surface area is 88.1 Å². The van der Waals surface area contributed by atoms with Gasteiger partial charge in [-0.1, -0.05) is 31.8 Å². The van der Waals surface area contributed by atoms with Crippen molar-refractivity contribution >= 4 is 24.8 Å². The smallest absolute Gasteiger partial charge is 0.132 e. The predicted octanol–water partition coefficient (Wildman–Crippen LogP) is 1.51. The van der Waals surface area contributed by atoms with E-state index in [2.05, 4.69) is 18.8 Å². The van der Waals surface area contributed by atoms with E-state index in [1.807, 2.05) is 0 Å². The van der Waals surface area contributed by atoms with Gasteiger partial charge in [-0.2, -0.15) is 0 Å². The van der Waals surface area contributed by atoms with E-state index in [4.69, 9.17) is 19.0 Å². The van der Waals surface area contributed by atoms with Gasteiger partial charge < -0.3 is 11.1 Å². The third-order valence-electron chi connectivity index (χ3n) is 1.34. The SMILES string of the molecule is CCC.[B]c1cnc(N)c(C(C)=N)c1.[HH]. The van der Waals surface area contributed by atoms with E-state index >= 15 is 0 Å². The number of aromatic nitrogens is 1. The lowest BCUT2D eigenvalue weighted by Crippen LogP contribution is -2.10. The summed E-state index contributed by atoms with van der Waals surface area (Å²) < 4.78 is 0. The minimum atomic E-state index is 0. The highest BCUT2D eigenvalue weighted by molar-refractivity contribution is 6.32. The molecule has 0 aliphatic carbocycles. The van der Waals surface area contributed by atoms with Crippen molar-refractivity contribution in [1.82, 2.24) is 4.98 Å². The van der Waals surface area contributed by atoms with Gasteiger partial charge in [0.15, 0.2) is 0 Å². The summed E-state index contributed by atoms with van der Waals surface area (Å²) in [6, 6.07) is 1.64. The number of nitrogen functional groups attached to an aromatic ring is 1. The second-order valence-corrected chi connectivity index (χ2v) is 3.03. The number of pyridine rings is 1. The highest BCUT2D eigenvalue weighted by Gasteiger charge is 2.01. The van der Waals surface area contributed by atoms with E-state index < -0.39 is 0 Å². The number of nitrogens with one attached hydrogen (secondary N) is 1. The van der Waals surface area contributed by atoms with Gasteiger partial charge in [0.05, 0.1) is 0 Å². The third-order valence-corrected chi connectivity index (χ3v) is 1.34. The lowest BCUT2D eigenvalue weighted by Gasteiger charge is -2.02. The molecule has 1 aromatic rings. The first-order chi connectivity index (χ1) is 6.52. The molecular formula is C10H18BN3. The highest BCUT2D eigenvalue weighted by atomic mass is 14.8. The largest absolute Gasteiger partial charge is 0.383 e. The molecule has 0 aliphatic rings. The molecule has 0 saturated carbocycles. The molecule has 4 heteroatoms. The lowest BCUT2D eigenvalue weighted by molar-refractivity contribution is 1.09. The third kappa shape index (κ3) is 4.07.